The summed E-state index contributed by atoms with van der Waals surface area (Å²) in [6.45, 7) is 2.16. The topological polar surface area (TPSA) is 73.9 Å². The van der Waals surface area contributed by atoms with Gasteiger partial charge in [-0.05, 0) is 56.7 Å². The predicted molar refractivity (Wildman–Crippen MR) is 103 cm³/mol. The molecule has 0 heterocycles. The maximum absolute atomic E-state index is 11.8. The van der Waals surface area contributed by atoms with Gasteiger partial charge in [-0.25, -0.2) is 0 Å². The third kappa shape index (κ3) is 3.40. The smallest absolute Gasteiger partial charge is 0.272 e. The molecular weight excluding hydrogens is 346 g/mol. The van der Waals surface area contributed by atoms with Gasteiger partial charge in [0.1, 0.15) is 5.69 Å². The van der Waals surface area contributed by atoms with E-state index >= 15 is 0 Å². The van der Waals surface area contributed by atoms with E-state index < -0.39 is 10.9 Å². The van der Waals surface area contributed by atoms with Gasteiger partial charge in [-0.1, -0.05) is 6.07 Å². The van der Waals surface area contributed by atoms with E-state index in [2.05, 4.69) is 11.4 Å². The molecule has 2 atom stereocenters. The summed E-state index contributed by atoms with van der Waals surface area (Å²) in [6.07, 6.45) is 5.77. The van der Waals surface area contributed by atoms with Crippen molar-refractivity contribution in [3.8, 4) is 17.2 Å². The number of hydrogen-bond donors (Lipinski definition) is 1. The van der Waals surface area contributed by atoms with Crippen molar-refractivity contribution in [2.45, 2.75) is 57.1 Å². The monoisotopic (exact) mass is 371 g/mol. The first-order chi connectivity index (χ1) is 13.1. The Labute approximate surface area is 158 Å². The molecule has 0 aromatic heterocycles. The van der Waals surface area contributed by atoms with E-state index in [0.29, 0.717) is 12.3 Å². The molecule has 6 heteroatoms. The van der Waals surface area contributed by atoms with Crippen LogP contribution >= 0.6 is 0 Å². The molecule has 0 aliphatic heterocycles. The van der Waals surface area contributed by atoms with E-state index in [9.17, 15) is 9.59 Å². The average Bonchev–Trinajstić information content (AvgIpc) is 3.28. The third-order valence-corrected chi connectivity index (χ3v) is 5.49. The highest BCUT2D eigenvalue weighted by Crippen LogP contribution is 2.46. The Kier molecular flexibility index (Phi) is 4.81. The zero-order valence-electron chi connectivity index (χ0n) is 15.7. The van der Waals surface area contributed by atoms with E-state index in [4.69, 9.17) is 14.2 Å². The maximum Gasteiger partial charge on any atom is 0.272 e. The summed E-state index contributed by atoms with van der Waals surface area (Å²) in [5.41, 5.74) is 0.459. The Morgan fingerprint density at radius 3 is 2.59 bits per heavy atom. The van der Waals surface area contributed by atoms with Crippen molar-refractivity contribution in [3.05, 3.63) is 44.2 Å². The second kappa shape index (κ2) is 7.25. The SMILES string of the molecule is CCOc1c(NC2CC2c2ccc(OC)c(OC3CCCC3)c2)c(=O)c1=O. The van der Waals surface area contributed by atoms with Crippen LogP contribution < -0.4 is 30.4 Å². The molecule has 27 heavy (non-hydrogen) atoms. The molecule has 2 unspecified atom stereocenters. The second-order valence-corrected chi connectivity index (χ2v) is 7.32. The summed E-state index contributed by atoms with van der Waals surface area (Å²) in [7, 11) is 1.65. The fourth-order valence-corrected chi connectivity index (χ4v) is 3.89. The lowest BCUT2D eigenvalue weighted by Gasteiger charge is -2.17. The Morgan fingerprint density at radius 2 is 1.89 bits per heavy atom. The summed E-state index contributed by atoms with van der Waals surface area (Å²) in [5, 5.41) is 3.19. The average molecular weight is 371 g/mol. The van der Waals surface area contributed by atoms with Crippen molar-refractivity contribution in [2.75, 3.05) is 19.0 Å². The summed E-state index contributed by atoms with van der Waals surface area (Å²) < 4.78 is 16.9. The lowest BCUT2D eigenvalue weighted by molar-refractivity contribution is 0.200. The zero-order chi connectivity index (χ0) is 19.0. The lowest BCUT2D eigenvalue weighted by Crippen LogP contribution is -2.36. The summed E-state index contributed by atoms with van der Waals surface area (Å²) in [5.74, 6) is 1.99. The van der Waals surface area contributed by atoms with Gasteiger partial charge >= 0.3 is 0 Å². The normalized spacial score (nSPS) is 22.0. The number of hydrogen-bond acceptors (Lipinski definition) is 6. The van der Waals surface area contributed by atoms with Gasteiger partial charge < -0.3 is 19.5 Å². The summed E-state index contributed by atoms with van der Waals surface area (Å²) in [6, 6.07) is 6.16. The quantitative estimate of drug-likeness (QED) is 0.719. The van der Waals surface area contributed by atoms with Crippen molar-refractivity contribution in [3.63, 3.8) is 0 Å². The van der Waals surface area contributed by atoms with E-state index in [1.807, 2.05) is 12.1 Å². The molecule has 0 spiro atoms. The highest BCUT2D eigenvalue weighted by molar-refractivity contribution is 5.63. The maximum atomic E-state index is 11.8. The van der Waals surface area contributed by atoms with Crippen LogP contribution in [-0.2, 0) is 0 Å². The largest absolute Gasteiger partial charge is 0.493 e. The van der Waals surface area contributed by atoms with Crippen LogP contribution in [0.15, 0.2) is 27.8 Å². The number of rotatable bonds is 8. The number of ether oxygens (including phenoxy) is 3. The van der Waals surface area contributed by atoms with Gasteiger partial charge in [0.2, 0.25) is 0 Å². The van der Waals surface area contributed by atoms with Gasteiger partial charge in [0, 0.05) is 12.0 Å². The number of nitrogens with one attached hydrogen (secondary N) is 1. The zero-order valence-corrected chi connectivity index (χ0v) is 15.7. The Hall–Kier alpha value is -2.50. The van der Waals surface area contributed by atoms with Crippen molar-refractivity contribution in [2.24, 2.45) is 0 Å². The second-order valence-electron chi connectivity index (χ2n) is 7.32. The van der Waals surface area contributed by atoms with Crippen LogP contribution in [0.1, 0.15) is 50.5 Å². The first-order valence-electron chi connectivity index (χ1n) is 9.69. The van der Waals surface area contributed by atoms with Crippen LogP contribution in [0.3, 0.4) is 0 Å². The predicted octanol–water partition coefficient (Wildman–Crippen LogP) is 2.98. The molecule has 2 saturated carbocycles. The standard InChI is InChI=1S/C21H25NO5/c1-3-26-21-18(19(23)20(21)24)22-15-11-14(15)12-8-9-16(25-2)17(10-12)27-13-6-4-5-7-13/h8-10,13-15,22H,3-7,11H2,1-2H3. The minimum Gasteiger partial charge on any atom is -0.493 e. The van der Waals surface area contributed by atoms with Gasteiger partial charge in [0.25, 0.3) is 10.9 Å². The summed E-state index contributed by atoms with van der Waals surface area (Å²) >= 11 is 0. The lowest BCUT2D eigenvalue weighted by atomic mass is 10.1. The molecule has 0 radical (unpaired) electrons. The fraction of sp³-hybridized carbons (Fsp3) is 0.524. The van der Waals surface area contributed by atoms with E-state index in [0.717, 1.165) is 36.3 Å². The first-order valence-corrected chi connectivity index (χ1v) is 9.69. The molecule has 4 rings (SSSR count). The third-order valence-electron chi connectivity index (χ3n) is 5.49. The molecular formula is C21H25NO5. The van der Waals surface area contributed by atoms with Gasteiger partial charge in [0.05, 0.1) is 19.8 Å². The van der Waals surface area contributed by atoms with Crippen LogP contribution in [0.2, 0.25) is 0 Å². The molecule has 0 saturated heterocycles. The van der Waals surface area contributed by atoms with Crippen LogP contribution in [0.5, 0.6) is 17.2 Å². The Balaban J connectivity index is 1.46. The molecule has 1 N–H and O–H groups in total. The van der Waals surface area contributed by atoms with Gasteiger partial charge in [-0.3, -0.25) is 9.59 Å². The number of methoxy groups -OCH3 is 1. The van der Waals surface area contributed by atoms with Crippen LogP contribution in [0.25, 0.3) is 0 Å². The highest BCUT2D eigenvalue weighted by atomic mass is 16.5. The first kappa shape index (κ1) is 17.9. The van der Waals surface area contributed by atoms with Crippen molar-refractivity contribution >= 4 is 5.69 Å². The van der Waals surface area contributed by atoms with Gasteiger partial charge in [0.15, 0.2) is 17.2 Å². The molecule has 144 valence electrons. The number of anilines is 1. The van der Waals surface area contributed by atoms with Gasteiger partial charge in [-0.2, -0.15) is 0 Å². The molecule has 6 nitrogen and oxygen atoms in total. The van der Waals surface area contributed by atoms with Crippen molar-refractivity contribution in [1.29, 1.82) is 0 Å². The Morgan fingerprint density at radius 1 is 1.11 bits per heavy atom. The van der Waals surface area contributed by atoms with E-state index in [1.54, 1.807) is 14.0 Å². The van der Waals surface area contributed by atoms with Crippen LogP contribution in [-0.4, -0.2) is 25.9 Å². The van der Waals surface area contributed by atoms with E-state index in [-0.39, 0.29) is 23.8 Å². The van der Waals surface area contributed by atoms with Crippen LogP contribution in [0.4, 0.5) is 5.69 Å². The molecule has 0 amide bonds. The van der Waals surface area contributed by atoms with Crippen LogP contribution in [0, 0.1) is 0 Å². The highest BCUT2D eigenvalue weighted by Gasteiger charge is 2.41. The number of benzene rings is 1. The molecule has 2 fully saturated rings. The molecule has 2 aromatic carbocycles. The molecule has 2 aliphatic rings. The van der Waals surface area contributed by atoms with Crippen molar-refractivity contribution < 1.29 is 14.2 Å². The van der Waals surface area contributed by atoms with Crippen molar-refractivity contribution in [1.82, 2.24) is 0 Å². The Bertz CT molecular complexity index is 893. The molecule has 2 aliphatic carbocycles. The molecule has 0 bridgehead atoms. The van der Waals surface area contributed by atoms with E-state index in [1.165, 1.54) is 12.8 Å². The minimum absolute atomic E-state index is 0.125. The summed E-state index contributed by atoms with van der Waals surface area (Å²) in [4.78, 5) is 23.4. The van der Waals surface area contributed by atoms with Gasteiger partial charge in [-0.15, -0.1) is 0 Å². The minimum atomic E-state index is -0.534. The molecule has 2 aromatic rings. The fourth-order valence-electron chi connectivity index (χ4n) is 3.89.